The van der Waals surface area contributed by atoms with Crippen molar-refractivity contribution in [2.24, 2.45) is 11.8 Å². The monoisotopic (exact) mass is 184 g/mol. The number of hydrogen-bond acceptors (Lipinski definition) is 0. The van der Waals surface area contributed by atoms with Gasteiger partial charge in [-0.2, -0.15) is 0 Å². The molecule has 2 atom stereocenters. The van der Waals surface area contributed by atoms with Gasteiger partial charge in [-0.05, 0) is 43.3 Å². The van der Waals surface area contributed by atoms with Gasteiger partial charge in [-0.15, -0.1) is 0 Å². The Balaban J connectivity index is 2.12. The van der Waals surface area contributed by atoms with Gasteiger partial charge in [0.25, 0.3) is 0 Å². The van der Waals surface area contributed by atoms with Gasteiger partial charge in [0.1, 0.15) is 0 Å². The molecule has 1 fully saturated rings. The molecule has 0 aromatic heterocycles. The molecule has 0 nitrogen and oxygen atoms in total. The second-order valence-corrected chi connectivity index (χ2v) is 4.63. The van der Waals surface area contributed by atoms with Gasteiger partial charge >= 0.3 is 0 Å². The summed E-state index contributed by atoms with van der Waals surface area (Å²) in [5.41, 5.74) is 4.71. The Bertz CT molecular complexity index is 377. The largest absolute Gasteiger partial charge is 0.0802 e. The van der Waals surface area contributed by atoms with Crippen molar-refractivity contribution in [3.05, 3.63) is 47.1 Å². The lowest BCUT2D eigenvalue weighted by molar-refractivity contribution is 0.400. The summed E-state index contributed by atoms with van der Waals surface area (Å²) in [7, 11) is 0. The summed E-state index contributed by atoms with van der Waals surface area (Å²) in [6.45, 7) is 2.24. The summed E-state index contributed by atoms with van der Waals surface area (Å²) in [4.78, 5) is 0. The fourth-order valence-electron chi connectivity index (χ4n) is 3.08. The zero-order chi connectivity index (χ0) is 9.54. The molecule has 0 spiro atoms. The van der Waals surface area contributed by atoms with Crippen LogP contribution in [0.4, 0.5) is 0 Å². The molecule has 0 heteroatoms. The molecular weight excluding hydrogens is 168 g/mol. The highest BCUT2D eigenvalue weighted by Gasteiger charge is 2.32. The molecule has 0 saturated heterocycles. The minimum absolute atomic E-state index is 0.735. The molecule has 3 aliphatic carbocycles. The zero-order valence-electron chi connectivity index (χ0n) is 8.66. The molecule has 72 valence electrons. The molecule has 3 rings (SSSR count). The van der Waals surface area contributed by atoms with Crippen molar-refractivity contribution in [2.45, 2.75) is 26.2 Å². The van der Waals surface area contributed by atoms with Crippen molar-refractivity contribution in [1.82, 2.24) is 0 Å². The lowest BCUT2D eigenvalue weighted by atomic mass is 9.67. The van der Waals surface area contributed by atoms with E-state index in [9.17, 15) is 0 Å². The Hall–Kier alpha value is -1.04. The third-order valence-electron chi connectivity index (χ3n) is 3.80. The van der Waals surface area contributed by atoms with Crippen LogP contribution in [0.3, 0.4) is 0 Å². The third-order valence-corrected chi connectivity index (χ3v) is 3.80. The van der Waals surface area contributed by atoms with Gasteiger partial charge in [0.05, 0.1) is 0 Å². The summed E-state index contributed by atoms with van der Waals surface area (Å²) in [6, 6.07) is 0. The first-order valence-electron chi connectivity index (χ1n) is 5.62. The molecule has 0 heterocycles. The minimum Gasteiger partial charge on any atom is -0.0802 e. The van der Waals surface area contributed by atoms with Crippen molar-refractivity contribution < 1.29 is 0 Å². The molecule has 3 aliphatic rings. The van der Waals surface area contributed by atoms with Crippen molar-refractivity contribution in [3.63, 3.8) is 0 Å². The van der Waals surface area contributed by atoms with Crippen LogP contribution in [0.2, 0.25) is 0 Å². The molecular formula is C14H16. The van der Waals surface area contributed by atoms with Crippen LogP contribution in [0.25, 0.3) is 0 Å². The summed E-state index contributed by atoms with van der Waals surface area (Å²) >= 11 is 0. The summed E-state index contributed by atoms with van der Waals surface area (Å²) in [6.07, 6.45) is 15.7. The first kappa shape index (κ1) is 8.28. The highest BCUT2D eigenvalue weighted by atomic mass is 14.4. The number of hydrogen-bond donors (Lipinski definition) is 0. The van der Waals surface area contributed by atoms with E-state index in [2.05, 4.69) is 37.3 Å². The smallest absolute Gasteiger partial charge is 0.0117 e. The van der Waals surface area contributed by atoms with Crippen molar-refractivity contribution in [1.29, 1.82) is 0 Å². The SMILES string of the molecule is CC1=C2C=CC=C3CCCC(C=C1)C32. The Morgan fingerprint density at radius 3 is 3.14 bits per heavy atom. The average Bonchev–Trinajstić information content (AvgIpc) is 2.24. The lowest BCUT2D eigenvalue weighted by Gasteiger charge is -2.37. The van der Waals surface area contributed by atoms with Gasteiger partial charge in [-0.1, -0.05) is 36.0 Å². The topological polar surface area (TPSA) is 0 Å². The van der Waals surface area contributed by atoms with E-state index in [0.717, 1.165) is 11.8 Å². The van der Waals surface area contributed by atoms with E-state index in [1.54, 1.807) is 11.1 Å². The van der Waals surface area contributed by atoms with Crippen molar-refractivity contribution in [3.8, 4) is 0 Å². The second-order valence-electron chi connectivity index (χ2n) is 4.63. The van der Waals surface area contributed by atoms with Crippen LogP contribution < -0.4 is 0 Å². The molecule has 0 N–H and O–H groups in total. The van der Waals surface area contributed by atoms with Gasteiger partial charge in [-0.3, -0.25) is 0 Å². The summed E-state index contributed by atoms with van der Waals surface area (Å²) in [5.74, 6) is 1.53. The average molecular weight is 184 g/mol. The Morgan fingerprint density at radius 2 is 2.21 bits per heavy atom. The van der Waals surface area contributed by atoms with E-state index in [1.807, 2.05) is 0 Å². The van der Waals surface area contributed by atoms with Crippen LogP contribution in [-0.2, 0) is 0 Å². The number of rotatable bonds is 0. The summed E-state index contributed by atoms with van der Waals surface area (Å²) in [5, 5.41) is 0. The van der Waals surface area contributed by atoms with E-state index in [0.29, 0.717) is 0 Å². The normalized spacial score (nSPS) is 34.2. The van der Waals surface area contributed by atoms with Crippen LogP contribution in [0.1, 0.15) is 26.2 Å². The Labute approximate surface area is 85.7 Å². The van der Waals surface area contributed by atoms with Crippen LogP contribution in [0.5, 0.6) is 0 Å². The first-order chi connectivity index (χ1) is 6.86. The van der Waals surface area contributed by atoms with E-state index in [-0.39, 0.29) is 0 Å². The van der Waals surface area contributed by atoms with Crippen LogP contribution in [-0.4, -0.2) is 0 Å². The van der Waals surface area contributed by atoms with E-state index in [4.69, 9.17) is 0 Å². The first-order valence-corrected chi connectivity index (χ1v) is 5.62. The Kier molecular flexibility index (Phi) is 1.76. The van der Waals surface area contributed by atoms with E-state index in [1.165, 1.54) is 24.8 Å². The molecule has 0 aromatic carbocycles. The van der Waals surface area contributed by atoms with Crippen molar-refractivity contribution in [2.75, 3.05) is 0 Å². The van der Waals surface area contributed by atoms with Crippen molar-refractivity contribution >= 4 is 0 Å². The predicted molar refractivity (Wildman–Crippen MR) is 59.9 cm³/mol. The Morgan fingerprint density at radius 1 is 1.29 bits per heavy atom. The fraction of sp³-hybridized carbons (Fsp3) is 0.429. The maximum atomic E-state index is 2.43. The van der Waals surface area contributed by atoms with Gasteiger partial charge in [0.2, 0.25) is 0 Å². The third kappa shape index (κ3) is 1.06. The lowest BCUT2D eigenvalue weighted by Crippen LogP contribution is -2.25. The molecule has 0 amide bonds. The quantitative estimate of drug-likeness (QED) is 0.537. The second kappa shape index (κ2) is 2.98. The minimum atomic E-state index is 0.735. The summed E-state index contributed by atoms with van der Waals surface area (Å²) < 4.78 is 0. The van der Waals surface area contributed by atoms with Gasteiger partial charge in [-0.25, -0.2) is 0 Å². The van der Waals surface area contributed by atoms with E-state index >= 15 is 0 Å². The predicted octanol–water partition coefficient (Wildman–Crippen LogP) is 3.79. The molecule has 0 radical (unpaired) electrons. The highest BCUT2D eigenvalue weighted by molar-refractivity contribution is 5.48. The number of allylic oxidation sites excluding steroid dienone is 8. The highest BCUT2D eigenvalue weighted by Crippen LogP contribution is 2.45. The van der Waals surface area contributed by atoms with Gasteiger partial charge < -0.3 is 0 Å². The zero-order valence-corrected chi connectivity index (χ0v) is 8.66. The maximum Gasteiger partial charge on any atom is 0.0117 e. The molecule has 1 saturated carbocycles. The van der Waals surface area contributed by atoms with Crippen LogP contribution in [0, 0.1) is 11.8 Å². The van der Waals surface area contributed by atoms with Gasteiger partial charge in [0, 0.05) is 5.92 Å². The van der Waals surface area contributed by atoms with Gasteiger partial charge in [0.15, 0.2) is 0 Å². The molecule has 0 aromatic rings. The van der Waals surface area contributed by atoms with Crippen LogP contribution in [0.15, 0.2) is 47.1 Å². The molecule has 14 heavy (non-hydrogen) atoms. The van der Waals surface area contributed by atoms with Crippen LogP contribution >= 0.6 is 0 Å². The molecule has 0 bridgehead atoms. The fourth-order valence-corrected chi connectivity index (χ4v) is 3.08. The van der Waals surface area contributed by atoms with E-state index < -0.39 is 0 Å². The molecule has 0 aliphatic heterocycles. The molecule has 2 unspecified atom stereocenters. The maximum absolute atomic E-state index is 2.43. The standard InChI is InChI=1S/C14H16/c1-10-8-9-12-5-2-4-11-6-3-7-13(10)14(11)12/h3,6-9,12,14H,2,4-5H2,1H3.